The minimum Gasteiger partial charge on any atom is -0.484 e. The van der Waals surface area contributed by atoms with Crippen LogP contribution in [0.1, 0.15) is 35.2 Å². The van der Waals surface area contributed by atoms with Gasteiger partial charge in [-0.2, -0.15) is 0 Å². The smallest absolute Gasteiger partial charge is 0.290 e. The predicted molar refractivity (Wildman–Crippen MR) is 86.8 cm³/mol. The Labute approximate surface area is 144 Å². The highest BCUT2D eigenvalue weighted by Gasteiger charge is 2.32. The maximum atomic E-state index is 12.5. The van der Waals surface area contributed by atoms with Crippen LogP contribution in [-0.2, 0) is 13.2 Å². The molecule has 0 fully saturated rings. The highest BCUT2D eigenvalue weighted by molar-refractivity contribution is 5.91. The molecule has 4 heterocycles. The van der Waals surface area contributed by atoms with E-state index in [0.717, 1.165) is 11.6 Å². The number of nitrogens with zero attached hydrogens (tertiary/aromatic N) is 5. The molecule has 1 amide bonds. The Morgan fingerprint density at radius 1 is 1.32 bits per heavy atom. The van der Waals surface area contributed by atoms with E-state index in [1.807, 2.05) is 23.6 Å². The van der Waals surface area contributed by atoms with Gasteiger partial charge in [-0.3, -0.25) is 9.78 Å². The van der Waals surface area contributed by atoms with Crippen LogP contribution in [0.25, 0.3) is 0 Å². The molecule has 0 bridgehead atoms. The second kappa shape index (κ2) is 6.39. The van der Waals surface area contributed by atoms with E-state index in [1.165, 1.54) is 6.26 Å². The fourth-order valence-electron chi connectivity index (χ4n) is 2.95. The van der Waals surface area contributed by atoms with Gasteiger partial charge in [-0.15, -0.1) is 10.2 Å². The Morgan fingerprint density at radius 3 is 3.00 bits per heavy atom. The molecule has 3 aromatic rings. The topological polar surface area (TPSA) is 86.3 Å². The van der Waals surface area contributed by atoms with Crippen molar-refractivity contribution < 1.29 is 13.9 Å². The summed E-state index contributed by atoms with van der Waals surface area (Å²) in [5.41, 5.74) is 0. The first-order valence-corrected chi connectivity index (χ1v) is 8.03. The van der Waals surface area contributed by atoms with Crippen LogP contribution in [0.5, 0.6) is 5.75 Å². The lowest BCUT2D eigenvalue weighted by Gasteiger charge is -2.33. The second-order valence-corrected chi connectivity index (χ2v) is 5.76. The summed E-state index contributed by atoms with van der Waals surface area (Å²) in [5.74, 6) is 2.35. The quantitative estimate of drug-likeness (QED) is 0.723. The Hall–Kier alpha value is -3.16. The third kappa shape index (κ3) is 2.86. The second-order valence-electron chi connectivity index (χ2n) is 5.76. The predicted octanol–water partition coefficient (Wildman–Crippen LogP) is 2.06. The molecule has 1 aliphatic rings. The van der Waals surface area contributed by atoms with E-state index in [2.05, 4.69) is 15.2 Å². The molecule has 8 heteroatoms. The first-order chi connectivity index (χ1) is 12.2. The van der Waals surface area contributed by atoms with Crippen molar-refractivity contribution in [2.75, 3.05) is 6.54 Å². The molecule has 128 valence electrons. The van der Waals surface area contributed by atoms with Crippen molar-refractivity contribution in [2.45, 2.75) is 26.1 Å². The molecule has 0 aromatic carbocycles. The molecule has 25 heavy (non-hydrogen) atoms. The molecule has 1 atom stereocenters. The molecule has 0 N–H and O–H groups in total. The molecule has 0 unspecified atom stereocenters. The normalized spacial score (nSPS) is 16.5. The summed E-state index contributed by atoms with van der Waals surface area (Å²) in [5, 5.41) is 8.48. The zero-order valence-corrected chi connectivity index (χ0v) is 13.7. The van der Waals surface area contributed by atoms with E-state index >= 15 is 0 Å². The molecule has 0 radical (unpaired) electrons. The summed E-state index contributed by atoms with van der Waals surface area (Å²) in [6.45, 7) is 3.42. The fraction of sp³-hybridized carbons (Fsp3) is 0.294. The maximum Gasteiger partial charge on any atom is 0.290 e. The molecular formula is C17H17N5O3. The van der Waals surface area contributed by atoms with Crippen LogP contribution >= 0.6 is 0 Å². The van der Waals surface area contributed by atoms with Gasteiger partial charge in [0.05, 0.1) is 18.5 Å². The number of hydrogen-bond donors (Lipinski definition) is 0. The average Bonchev–Trinajstić information content (AvgIpc) is 3.31. The average molecular weight is 339 g/mol. The van der Waals surface area contributed by atoms with Crippen LogP contribution in [0.15, 0.2) is 47.3 Å². The van der Waals surface area contributed by atoms with Gasteiger partial charge >= 0.3 is 0 Å². The van der Waals surface area contributed by atoms with Crippen molar-refractivity contribution in [3.63, 3.8) is 0 Å². The van der Waals surface area contributed by atoms with E-state index in [-0.39, 0.29) is 11.9 Å². The van der Waals surface area contributed by atoms with Gasteiger partial charge < -0.3 is 18.6 Å². The van der Waals surface area contributed by atoms with Gasteiger partial charge in [0.2, 0.25) is 0 Å². The maximum absolute atomic E-state index is 12.5. The highest BCUT2D eigenvalue weighted by atomic mass is 16.5. The summed E-state index contributed by atoms with van der Waals surface area (Å²) < 4.78 is 12.9. The van der Waals surface area contributed by atoms with Gasteiger partial charge in [-0.1, -0.05) is 0 Å². The molecular weight excluding hydrogens is 322 g/mol. The first-order valence-electron chi connectivity index (χ1n) is 8.03. The Balaban J connectivity index is 1.50. The minimum absolute atomic E-state index is 0.139. The fourth-order valence-corrected chi connectivity index (χ4v) is 2.95. The molecule has 0 saturated carbocycles. The number of aromatic nitrogens is 4. The third-order valence-electron chi connectivity index (χ3n) is 4.26. The van der Waals surface area contributed by atoms with Gasteiger partial charge in [-0.25, -0.2) is 0 Å². The third-order valence-corrected chi connectivity index (χ3v) is 4.26. The van der Waals surface area contributed by atoms with E-state index < -0.39 is 0 Å². The van der Waals surface area contributed by atoms with E-state index in [4.69, 9.17) is 9.15 Å². The lowest BCUT2D eigenvalue weighted by Crippen LogP contribution is -2.41. The van der Waals surface area contributed by atoms with Gasteiger partial charge in [-0.05, 0) is 31.2 Å². The van der Waals surface area contributed by atoms with Crippen molar-refractivity contribution in [3.8, 4) is 5.75 Å². The van der Waals surface area contributed by atoms with Crippen LogP contribution in [-0.4, -0.2) is 37.1 Å². The molecule has 0 spiro atoms. The van der Waals surface area contributed by atoms with Crippen LogP contribution in [0.2, 0.25) is 0 Å². The summed E-state index contributed by atoms with van der Waals surface area (Å²) >= 11 is 0. The van der Waals surface area contributed by atoms with Crippen molar-refractivity contribution in [1.29, 1.82) is 0 Å². The number of furan rings is 1. The minimum atomic E-state index is -0.189. The Bertz CT molecular complexity index is 860. The zero-order valence-electron chi connectivity index (χ0n) is 13.7. The number of hydrogen-bond acceptors (Lipinski definition) is 6. The lowest BCUT2D eigenvalue weighted by molar-refractivity contribution is 0.0602. The number of carbonyl (C=O) groups is 1. The molecule has 0 aliphatic carbocycles. The molecule has 3 aromatic heterocycles. The van der Waals surface area contributed by atoms with Crippen molar-refractivity contribution in [2.24, 2.45) is 0 Å². The number of fused-ring (bicyclic) bond motifs is 1. The summed E-state index contributed by atoms with van der Waals surface area (Å²) in [6, 6.07) is 6.84. The number of ether oxygens (including phenoxy) is 1. The van der Waals surface area contributed by atoms with Crippen LogP contribution in [0.4, 0.5) is 0 Å². The molecule has 4 rings (SSSR count). The Morgan fingerprint density at radius 2 is 2.24 bits per heavy atom. The number of pyridine rings is 1. The molecule has 1 aliphatic heterocycles. The molecule has 0 saturated heterocycles. The summed E-state index contributed by atoms with van der Waals surface area (Å²) in [4.78, 5) is 18.3. The summed E-state index contributed by atoms with van der Waals surface area (Å²) in [6.07, 6.45) is 4.84. The highest BCUT2D eigenvalue weighted by Crippen LogP contribution is 2.26. The first kappa shape index (κ1) is 15.4. The lowest BCUT2D eigenvalue weighted by atomic mass is 10.2. The van der Waals surface area contributed by atoms with E-state index in [0.29, 0.717) is 31.2 Å². The van der Waals surface area contributed by atoms with E-state index in [9.17, 15) is 4.79 Å². The molecule has 8 nitrogen and oxygen atoms in total. The summed E-state index contributed by atoms with van der Waals surface area (Å²) in [7, 11) is 0. The van der Waals surface area contributed by atoms with Gasteiger partial charge in [0.25, 0.3) is 5.91 Å². The van der Waals surface area contributed by atoms with Gasteiger partial charge in [0.15, 0.2) is 17.4 Å². The van der Waals surface area contributed by atoms with Crippen LogP contribution < -0.4 is 4.74 Å². The standard InChI is InChI=1S/C17H17N5O3/c1-12-16-20-19-15(11-25-13-4-2-6-18-10-13)22(16)8-7-21(12)17(23)14-5-3-9-24-14/h2-6,9-10,12H,7-8,11H2,1H3/t12-/m1/s1. The monoisotopic (exact) mass is 339 g/mol. The number of amides is 1. The van der Waals surface area contributed by atoms with Crippen molar-refractivity contribution in [1.82, 2.24) is 24.6 Å². The number of carbonyl (C=O) groups excluding carboxylic acids is 1. The zero-order chi connectivity index (χ0) is 17.2. The van der Waals surface area contributed by atoms with Crippen LogP contribution in [0, 0.1) is 0 Å². The van der Waals surface area contributed by atoms with Gasteiger partial charge in [0, 0.05) is 19.3 Å². The van der Waals surface area contributed by atoms with Crippen molar-refractivity contribution in [3.05, 3.63) is 60.3 Å². The van der Waals surface area contributed by atoms with Crippen molar-refractivity contribution >= 4 is 5.91 Å². The van der Waals surface area contributed by atoms with E-state index in [1.54, 1.807) is 29.4 Å². The SMILES string of the molecule is C[C@@H]1c2nnc(COc3cccnc3)n2CCN1C(=O)c1ccco1. The number of rotatable bonds is 4. The van der Waals surface area contributed by atoms with Gasteiger partial charge in [0.1, 0.15) is 12.4 Å². The largest absolute Gasteiger partial charge is 0.484 e. The van der Waals surface area contributed by atoms with Crippen LogP contribution in [0.3, 0.4) is 0 Å². The Kier molecular flexibility index (Phi) is 3.93.